The van der Waals surface area contributed by atoms with E-state index in [4.69, 9.17) is 43.6 Å². The summed E-state index contributed by atoms with van der Waals surface area (Å²) in [5.74, 6) is -0.689. The summed E-state index contributed by atoms with van der Waals surface area (Å²) in [6.07, 6.45) is -5.14. The summed E-state index contributed by atoms with van der Waals surface area (Å²) < 4.78 is 46.3. The number of nitrogens with one attached hydrogen (secondary N) is 2. The number of aliphatic hydroxyl groups excluding tert-OH is 4. The first-order chi connectivity index (χ1) is 30.3. The number of piperazine rings is 2. The highest BCUT2D eigenvalue weighted by Crippen LogP contribution is 2.29. The van der Waals surface area contributed by atoms with Crippen LogP contribution in [0.4, 0.5) is 0 Å². The molecule has 5 saturated heterocycles. The summed E-state index contributed by atoms with van der Waals surface area (Å²) in [5.41, 5.74) is 5.74. The second-order valence-corrected chi connectivity index (χ2v) is 21.0. The van der Waals surface area contributed by atoms with Crippen molar-refractivity contribution in [3.63, 3.8) is 0 Å². The molecule has 0 aromatic heterocycles. The lowest BCUT2D eigenvalue weighted by atomic mass is 9.89. The number of aliphatic hydroxyl groups is 4. The SMILES string of the molecule is COC1OC(CO)C(C)C(O)C1NC(=O)C[N+]1(C)CC[N+](C)(C)CC1.COCC1OC(OC)C(N)C(O)C1C.COCC1OC(OC)C(NC(=O)C[N+]2(C)CC[N+](C)(C)CC2)C(O)C1C.[Cl-].[Cl-].[I-].[I-]. The first-order valence-corrected chi connectivity index (χ1v) is 23.2. The van der Waals surface area contributed by atoms with Crippen molar-refractivity contribution in [1.82, 2.24) is 10.6 Å². The molecule has 5 aliphatic heterocycles. The van der Waals surface area contributed by atoms with E-state index in [1.807, 2.05) is 13.8 Å². The third-order valence-corrected chi connectivity index (χ3v) is 14.6. The molecule has 0 aromatic carbocycles. The average Bonchev–Trinajstić information content (AvgIpc) is 3.25. The van der Waals surface area contributed by atoms with Crippen LogP contribution in [0.1, 0.15) is 20.8 Å². The van der Waals surface area contributed by atoms with Gasteiger partial charge >= 0.3 is 0 Å². The zero-order chi connectivity index (χ0) is 49.1. The minimum Gasteiger partial charge on any atom is -1.00 e. The molecule has 0 aromatic rings. The Bertz CT molecular complexity index is 1450. The molecule has 21 nitrogen and oxygen atoms in total. The van der Waals surface area contributed by atoms with Crippen molar-refractivity contribution in [3.8, 4) is 0 Å². The van der Waals surface area contributed by atoms with Crippen LogP contribution in [0.2, 0.25) is 0 Å². The van der Waals surface area contributed by atoms with Crippen molar-refractivity contribution < 1.29 is 159 Å². The Kier molecular flexibility index (Phi) is 33.1. The van der Waals surface area contributed by atoms with Crippen LogP contribution < -0.4 is 89.1 Å². The molecular weight excluding hydrogens is 1180 g/mol. The van der Waals surface area contributed by atoms with E-state index in [2.05, 4.69) is 52.9 Å². The van der Waals surface area contributed by atoms with Crippen LogP contribution in [-0.4, -0.2) is 287 Å². The molecule has 8 N–H and O–H groups in total. The van der Waals surface area contributed by atoms with Crippen LogP contribution in [0.5, 0.6) is 0 Å². The Labute approximate surface area is 459 Å². The lowest BCUT2D eigenvalue weighted by molar-refractivity contribution is -1.00. The van der Waals surface area contributed by atoms with Gasteiger partial charge in [-0.25, -0.2) is 0 Å². The second kappa shape index (κ2) is 32.0. The van der Waals surface area contributed by atoms with Crippen LogP contribution in [0, 0.1) is 17.8 Å². The van der Waals surface area contributed by atoms with Gasteiger partial charge in [0.05, 0.1) is 105 Å². The number of ether oxygens (including phenoxy) is 8. The summed E-state index contributed by atoms with van der Waals surface area (Å²) in [6.45, 7) is 15.0. The first kappa shape index (κ1) is 71.4. The highest BCUT2D eigenvalue weighted by atomic mass is 127. The van der Waals surface area contributed by atoms with Crippen molar-refractivity contribution >= 4 is 11.8 Å². The topological polar surface area (TPSA) is 239 Å². The normalized spacial score (nSPS) is 36.2. The van der Waals surface area contributed by atoms with E-state index < -0.39 is 61.4 Å². The monoisotopic (exact) mass is 1270 g/mol. The first-order valence-electron chi connectivity index (χ1n) is 23.2. The summed E-state index contributed by atoms with van der Waals surface area (Å²) in [7, 11) is 20.8. The van der Waals surface area contributed by atoms with Gasteiger partial charge in [-0.1, -0.05) is 20.8 Å². The third kappa shape index (κ3) is 20.7. The smallest absolute Gasteiger partial charge is 0.275 e. The summed E-state index contributed by atoms with van der Waals surface area (Å²) in [6, 6.07) is -1.72. The van der Waals surface area contributed by atoms with Gasteiger partial charge in [0.1, 0.15) is 64.4 Å². The summed E-state index contributed by atoms with van der Waals surface area (Å²) >= 11 is 0. The van der Waals surface area contributed by atoms with Crippen molar-refractivity contribution in [1.29, 1.82) is 0 Å². The van der Waals surface area contributed by atoms with E-state index in [1.165, 1.54) is 21.3 Å². The number of carbonyl (C=O) groups excluding carboxylic acids is 2. The maximum absolute atomic E-state index is 12.7. The Balaban J connectivity index is 0. The molecule has 0 radical (unpaired) electrons. The minimum atomic E-state index is -0.831. The van der Waals surface area contributed by atoms with Gasteiger partial charge in [0.15, 0.2) is 32.0 Å². The highest BCUT2D eigenvalue weighted by Gasteiger charge is 2.47. The Morgan fingerprint density at radius 2 is 0.855 bits per heavy atom. The minimum absolute atomic E-state index is 0. The predicted molar refractivity (Wildman–Crippen MR) is 240 cm³/mol. The van der Waals surface area contributed by atoms with E-state index in [-0.39, 0.29) is 121 Å². The van der Waals surface area contributed by atoms with Crippen molar-refractivity contribution in [2.75, 3.05) is 163 Å². The Hall–Kier alpha value is 0.300. The number of hydrogen-bond acceptors (Lipinski definition) is 15. The molecule has 5 fully saturated rings. The molecule has 0 spiro atoms. The van der Waals surface area contributed by atoms with E-state index in [0.29, 0.717) is 30.8 Å². The average molecular weight is 1270 g/mol. The van der Waals surface area contributed by atoms with Crippen molar-refractivity contribution in [2.45, 2.75) is 94.4 Å². The quantitative estimate of drug-likeness (QED) is 0.0632. The number of hydrogen-bond donors (Lipinski definition) is 7. The fraction of sp³-hybridized carbons (Fsp3) is 0.955. The maximum atomic E-state index is 12.7. The zero-order valence-corrected chi connectivity index (χ0v) is 49.4. The third-order valence-electron chi connectivity index (χ3n) is 14.6. The van der Waals surface area contributed by atoms with Gasteiger partial charge in [0.25, 0.3) is 11.8 Å². The van der Waals surface area contributed by atoms with Gasteiger partial charge in [-0.3, -0.25) is 9.59 Å². The molecule has 25 heteroatoms. The van der Waals surface area contributed by atoms with Crippen LogP contribution in [0.15, 0.2) is 0 Å². The van der Waals surface area contributed by atoms with Gasteiger partial charge in [-0.05, 0) is 0 Å². The molecule has 2 amide bonds. The molecule has 0 aliphatic carbocycles. The molecule has 0 bridgehead atoms. The van der Waals surface area contributed by atoms with Gasteiger partial charge in [-0.15, -0.1) is 0 Å². The Morgan fingerprint density at radius 3 is 1.17 bits per heavy atom. The molecule has 0 saturated carbocycles. The lowest BCUT2D eigenvalue weighted by Crippen LogP contribution is -3.00. The standard InChI is InChI=1S/C18H36N3O5.C17H34N3O5.C9H19NO4.2ClH.2HI/c1-13-14(12-24-5)26-18(25-6)16(17(13)23)19-15(22)11-21(4)9-7-20(2,3)8-10-21;1-12-13(11-21)25-17(24-5)15(16(12)23)18-14(22)10-20(4)8-6-19(2,3)7-9-20;1-5-6(4-12-2)14-9(13-3)7(10)8(5)11;;;;/h13-14,16-18,23H,7-12H2,1-6H3;12-13,15-17,21,23H,6-11H2,1-5H3;5-9,11H,4,10H2,1-3H3;4*1H/q2*+1;;;;;/p-2. The van der Waals surface area contributed by atoms with E-state index in [1.54, 1.807) is 21.1 Å². The number of amides is 2. The second-order valence-electron chi connectivity index (χ2n) is 21.0. The number of quaternary nitrogens is 4. The molecule has 5 aliphatic rings. The van der Waals surface area contributed by atoms with E-state index in [0.717, 1.165) is 65.8 Å². The van der Waals surface area contributed by atoms with Gasteiger partial charge in [-0.2, -0.15) is 0 Å². The molecule has 414 valence electrons. The fourth-order valence-corrected chi connectivity index (χ4v) is 9.11. The van der Waals surface area contributed by atoms with E-state index >= 15 is 0 Å². The molecule has 15 unspecified atom stereocenters. The van der Waals surface area contributed by atoms with Crippen molar-refractivity contribution in [2.24, 2.45) is 23.5 Å². The van der Waals surface area contributed by atoms with Crippen LogP contribution in [0.3, 0.4) is 0 Å². The van der Waals surface area contributed by atoms with Crippen molar-refractivity contribution in [3.05, 3.63) is 0 Å². The number of halogens is 4. The van der Waals surface area contributed by atoms with Gasteiger partial charge < -0.3 is 165 Å². The largest absolute Gasteiger partial charge is 1.00 e. The van der Waals surface area contributed by atoms with E-state index in [9.17, 15) is 30.0 Å². The van der Waals surface area contributed by atoms with Crippen LogP contribution in [-0.2, 0) is 47.5 Å². The molecule has 5 heterocycles. The molecular formula is C44H91Cl2I2N7O14. The number of nitrogens with zero attached hydrogens (tertiary/aromatic N) is 4. The lowest BCUT2D eigenvalue weighted by Gasteiger charge is -2.45. The number of likely N-dealkylation sites (N-methyl/N-ethyl adjacent to an activating group) is 4. The molecule has 69 heavy (non-hydrogen) atoms. The fourth-order valence-electron chi connectivity index (χ4n) is 9.11. The number of carbonyl (C=O) groups is 2. The predicted octanol–water partition coefficient (Wildman–Crippen LogP) is -15.3. The van der Waals surface area contributed by atoms with Crippen LogP contribution in [0.25, 0.3) is 0 Å². The summed E-state index contributed by atoms with van der Waals surface area (Å²) in [5, 5.41) is 46.2. The number of methoxy groups -OCH3 is 5. The highest BCUT2D eigenvalue weighted by molar-refractivity contribution is 5.78. The zero-order valence-electron chi connectivity index (χ0n) is 43.6. The molecule has 15 atom stereocenters. The number of rotatable bonds is 14. The van der Waals surface area contributed by atoms with Gasteiger partial charge in [0.2, 0.25) is 0 Å². The maximum Gasteiger partial charge on any atom is 0.275 e. The number of nitrogens with two attached hydrogens (primary N) is 1. The molecule has 5 rings (SSSR count). The van der Waals surface area contributed by atoms with Gasteiger partial charge in [0, 0.05) is 53.3 Å². The van der Waals surface area contributed by atoms with Crippen LogP contribution >= 0.6 is 0 Å². The Morgan fingerprint density at radius 1 is 0.551 bits per heavy atom. The summed E-state index contributed by atoms with van der Waals surface area (Å²) in [4.78, 5) is 25.3.